The van der Waals surface area contributed by atoms with Crippen LogP contribution in [0.1, 0.15) is 213 Å². The van der Waals surface area contributed by atoms with Crippen molar-refractivity contribution in [1.82, 2.24) is 0 Å². The first-order valence-electron chi connectivity index (χ1n) is 18.1. The Morgan fingerprint density at radius 1 is 0.439 bits per heavy atom. The second-order valence-corrected chi connectivity index (χ2v) is 13.7. The van der Waals surface area contributed by atoms with Gasteiger partial charge in [-0.25, -0.2) is 8.42 Å². The molecular weight excluding hydrogens is 556 g/mol. The Morgan fingerprint density at radius 2 is 0.659 bits per heavy atom. The second kappa shape index (κ2) is 36.0. The van der Waals surface area contributed by atoms with Crippen molar-refractivity contribution < 1.29 is 68.5 Å². The van der Waals surface area contributed by atoms with E-state index in [9.17, 15) is 13.0 Å². The maximum Gasteiger partial charge on any atom is 1.00 e. The van der Waals surface area contributed by atoms with Crippen molar-refractivity contribution in [3.63, 3.8) is 0 Å². The fraction of sp³-hybridized carbons (Fsp3) is 1.00. The van der Waals surface area contributed by atoms with Gasteiger partial charge in [-0.05, 0) is 18.8 Å². The van der Waals surface area contributed by atoms with E-state index in [0.29, 0.717) is 0 Å². The average molecular weight is 627 g/mol. The summed E-state index contributed by atoms with van der Waals surface area (Å²) in [7, 11) is -4.58. The van der Waals surface area contributed by atoms with E-state index in [1.165, 1.54) is 173 Å². The molecule has 0 radical (unpaired) electrons. The molecule has 0 aromatic rings. The normalized spacial score (nSPS) is 12.5. The van der Waals surface area contributed by atoms with Gasteiger partial charge in [-0.1, -0.05) is 200 Å². The van der Waals surface area contributed by atoms with Crippen LogP contribution < -0.4 is 51.4 Å². The third-order valence-corrected chi connectivity index (χ3v) is 9.05. The molecule has 242 valence electrons. The smallest absolute Gasteiger partial charge is 0.726 e. The van der Waals surface area contributed by atoms with Gasteiger partial charge in [0.15, 0.2) is 0 Å². The van der Waals surface area contributed by atoms with Crippen LogP contribution in [0.4, 0.5) is 0 Å². The van der Waals surface area contributed by atoms with Gasteiger partial charge in [-0.2, -0.15) is 0 Å². The molecular formula is C35H71KO4S. The monoisotopic (exact) mass is 626 g/mol. The van der Waals surface area contributed by atoms with Gasteiger partial charge in [-0.3, -0.25) is 4.18 Å². The number of rotatable bonds is 34. The van der Waals surface area contributed by atoms with Crippen molar-refractivity contribution in [3.05, 3.63) is 0 Å². The summed E-state index contributed by atoms with van der Waals surface area (Å²) < 4.78 is 37.5. The molecule has 4 nitrogen and oxygen atoms in total. The molecule has 0 aliphatic rings. The van der Waals surface area contributed by atoms with Crippen molar-refractivity contribution in [1.29, 1.82) is 0 Å². The van der Waals surface area contributed by atoms with Crippen LogP contribution in [0.5, 0.6) is 0 Å². The van der Waals surface area contributed by atoms with E-state index < -0.39 is 10.4 Å². The summed E-state index contributed by atoms with van der Waals surface area (Å²) in [5.74, 6) is 0.198. The molecule has 0 fully saturated rings. The molecule has 0 amide bonds. The van der Waals surface area contributed by atoms with Crippen LogP contribution in [0.3, 0.4) is 0 Å². The number of hydrogen-bond donors (Lipinski definition) is 0. The molecule has 1 atom stereocenters. The first-order valence-corrected chi connectivity index (χ1v) is 19.4. The molecule has 0 rings (SSSR count). The van der Waals surface area contributed by atoms with E-state index in [4.69, 9.17) is 0 Å². The molecule has 0 heterocycles. The first-order chi connectivity index (χ1) is 19.5. The molecule has 0 aromatic heterocycles. The zero-order chi connectivity index (χ0) is 29.4. The maximum absolute atomic E-state index is 10.9. The van der Waals surface area contributed by atoms with E-state index in [1.807, 2.05) is 0 Å². The second-order valence-electron chi connectivity index (χ2n) is 12.7. The Bertz CT molecular complexity index is 585. The summed E-state index contributed by atoms with van der Waals surface area (Å²) in [4.78, 5) is 0. The molecule has 0 aromatic carbocycles. The predicted molar refractivity (Wildman–Crippen MR) is 174 cm³/mol. The van der Waals surface area contributed by atoms with Crippen molar-refractivity contribution in [2.75, 3.05) is 6.61 Å². The Morgan fingerprint density at radius 3 is 0.878 bits per heavy atom. The van der Waals surface area contributed by atoms with Gasteiger partial charge in [0.2, 0.25) is 10.4 Å². The predicted octanol–water partition coefficient (Wildman–Crippen LogP) is 9.22. The van der Waals surface area contributed by atoms with Crippen LogP contribution in [0, 0.1) is 5.92 Å². The minimum absolute atomic E-state index is 0. The Kier molecular flexibility index (Phi) is 39.2. The topological polar surface area (TPSA) is 66.4 Å². The zero-order valence-corrected chi connectivity index (χ0v) is 32.2. The zero-order valence-electron chi connectivity index (χ0n) is 28.2. The molecule has 0 saturated heterocycles. The van der Waals surface area contributed by atoms with E-state index >= 15 is 0 Å². The van der Waals surface area contributed by atoms with Gasteiger partial charge < -0.3 is 4.55 Å². The molecule has 0 N–H and O–H groups in total. The van der Waals surface area contributed by atoms with Crippen molar-refractivity contribution in [2.45, 2.75) is 213 Å². The van der Waals surface area contributed by atoms with Crippen LogP contribution in [0.15, 0.2) is 0 Å². The van der Waals surface area contributed by atoms with Crippen molar-refractivity contribution in [2.24, 2.45) is 5.92 Å². The summed E-state index contributed by atoms with van der Waals surface area (Å²) in [5, 5.41) is 0. The molecule has 6 heteroatoms. The summed E-state index contributed by atoms with van der Waals surface area (Å²) in [5.41, 5.74) is 0. The number of unbranched alkanes of at least 4 members (excludes halogenated alkanes) is 27. The molecule has 1 unspecified atom stereocenters. The molecule has 0 aliphatic heterocycles. The number of hydrogen-bond acceptors (Lipinski definition) is 4. The van der Waals surface area contributed by atoms with Gasteiger partial charge in [0.25, 0.3) is 0 Å². The fourth-order valence-electron chi connectivity index (χ4n) is 5.92. The van der Waals surface area contributed by atoms with Crippen molar-refractivity contribution >= 4 is 10.4 Å². The third kappa shape index (κ3) is 39.5. The standard InChI is InChI=1S/C35H72O4S.K/c1-3-5-7-9-11-13-14-15-16-17-18-19-20-21-22-23-25-27-29-31-33-35(34-39-40(36,37)38)32-30-28-26-24-12-10-8-6-4-2;/h35H,3-34H2,1-2H3,(H,36,37,38);/q;+1/p-1. The van der Waals surface area contributed by atoms with Gasteiger partial charge >= 0.3 is 51.4 Å². The quantitative estimate of drug-likeness (QED) is 0.0309. The summed E-state index contributed by atoms with van der Waals surface area (Å²) >= 11 is 0. The summed E-state index contributed by atoms with van der Waals surface area (Å²) in [6.07, 6.45) is 41.1. The molecule has 0 aliphatic carbocycles. The molecule has 0 bridgehead atoms. The Hall–Kier alpha value is 1.51. The molecule has 0 spiro atoms. The van der Waals surface area contributed by atoms with E-state index in [-0.39, 0.29) is 63.9 Å². The van der Waals surface area contributed by atoms with Crippen LogP contribution in [-0.2, 0) is 14.6 Å². The van der Waals surface area contributed by atoms with E-state index in [0.717, 1.165) is 25.7 Å². The average Bonchev–Trinajstić information content (AvgIpc) is 2.93. The fourth-order valence-corrected chi connectivity index (χ4v) is 6.28. The third-order valence-electron chi connectivity index (χ3n) is 8.63. The van der Waals surface area contributed by atoms with Crippen LogP contribution in [-0.4, -0.2) is 19.6 Å². The van der Waals surface area contributed by atoms with Crippen molar-refractivity contribution in [3.8, 4) is 0 Å². The summed E-state index contributed by atoms with van der Waals surface area (Å²) in [6, 6.07) is 0. The van der Waals surface area contributed by atoms with Crippen LogP contribution >= 0.6 is 0 Å². The van der Waals surface area contributed by atoms with Gasteiger partial charge in [0.1, 0.15) is 0 Å². The SMILES string of the molecule is CCCCCCCCCCCCCCCCCCCCCCC(CCCCCCCCCCC)COS(=O)(=O)[O-].[K+]. The largest absolute Gasteiger partial charge is 1.00 e. The Balaban J connectivity index is 0. The van der Waals surface area contributed by atoms with Gasteiger partial charge in [0, 0.05) is 0 Å². The minimum atomic E-state index is -4.58. The van der Waals surface area contributed by atoms with Gasteiger partial charge in [-0.15, -0.1) is 0 Å². The maximum atomic E-state index is 10.9. The summed E-state index contributed by atoms with van der Waals surface area (Å²) in [6.45, 7) is 4.61. The first kappa shape index (κ1) is 44.6. The van der Waals surface area contributed by atoms with E-state index in [2.05, 4.69) is 18.0 Å². The van der Waals surface area contributed by atoms with Crippen LogP contribution in [0.2, 0.25) is 0 Å². The van der Waals surface area contributed by atoms with Crippen LogP contribution in [0.25, 0.3) is 0 Å². The Labute approximate surface area is 301 Å². The minimum Gasteiger partial charge on any atom is -0.726 e. The van der Waals surface area contributed by atoms with Gasteiger partial charge in [0.05, 0.1) is 6.61 Å². The molecule has 41 heavy (non-hydrogen) atoms. The molecule has 0 saturated carbocycles. The van der Waals surface area contributed by atoms with E-state index in [1.54, 1.807) is 0 Å².